The monoisotopic (exact) mass is 631 g/mol. The van der Waals surface area contributed by atoms with Crippen LogP contribution in [0.3, 0.4) is 0 Å². The van der Waals surface area contributed by atoms with Gasteiger partial charge in [-0.15, -0.1) is 0 Å². The van der Waals surface area contributed by atoms with Crippen molar-refractivity contribution < 1.29 is 14.5 Å². The third-order valence-electron chi connectivity index (χ3n) is 4.83. The van der Waals surface area contributed by atoms with E-state index in [1.807, 2.05) is 38.1 Å². The first kappa shape index (κ1) is 25.4. The van der Waals surface area contributed by atoms with E-state index in [0.29, 0.717) is 27.0 Å². The zero-order valence-electron chi connectivity index (χ0n) is 18.3. The highest BCUT2D eigenvalue weighted by Gasteiger charge is 2.14. The van der Waals surface area contributed by atoms with Crippen molar-refractivity contribution in [1.29, 1.82) is 5.26 Å². The summed E-state index contributed by atoms with van der Waals surface area (Å²) in [4.78, 5) is 23.2. The number of nitriles is 1. The number of nitrogens with zero attached hydrogens (tertiary/aromatic N) is 2. The van der Waals surface area contributed by atoms with Crippen molar-refractivity contribution in [3.05, 3.63) is 101 Å². The van der Waals surface area contributed by atoms with Gasteiger partial charge in [0.2, 0.25) is 0 Å². The predicted octanol–water partition coefficient (Wildman–Crippen LogP) is 6.70. The molecule has 1 amide bonds. The SMILES string of the molecule is Cc1ccc(NC(=O)/C(C#N)=C/c2cc(Br)c(OCc3cccc([N+](=O)[O-])c3)c(I)c2)c(C)c1. The molecule has 0 spiro atoms. The Kier molecular flexibility index (Phi) is 8.41. The van der Waals surface area contributed by atoms with Crippen molar-refractivity contribution in [3.63, 3.8) is 0 Å². The molecule has 0 atom stereocenters. The molecule has 172 valence electrons. The highest BCUT2D eigenvalue weighted by Crippen LogP contribution is 2.33. The summed E-state index contributed by atoms with van der Waals surface area (Å²) in [5.41, 5.74) is 3.91. The normalized spacial score (nSPS) is 11.0. The summed E-state index contributed by atoms with van der Waals surface area (Å²) >= 11 is 5.58. The van der Waals surface area contributed by atoms with Crippen LogP contribution >= 0.6 is 38.5 Å². The van der Waals surface area contributed by atoms with E-state index < -0.39 is 10.8 Å². The number of rotatable bonds is 7. The maximum Gasteiger partial charge on any atom is 0.269 e. The fraction of sp³-hybridized carbons (Fsp3) is 0.120. The zero-order valence-corrected chi connectivity index (χ0v) is 22.0. The lowest BCUT2D eigenvalue weighted by Crippen LogP contribution is -2.14. The maximum atomic E-state index is 12.7. The number of amides is 1. The van der Waals surface area contributed by atoms with Crippen LogP contribution < -0.4 is 10.1 Å². The topological polar surface area (TPSA) is 105 Å². The van der Waals surface area contributed by atoms with E-state index in [0.717, 1.165) is 14.7 Å². The second-order valence-corrected chi connectivity index (χ2v) is 9.49. The first-order valence-corrected chi connectivity index (χ1v) is 11.9. The van der Waals surface area contributed by atoms with Crippen LogP contribution in [0.25, 0.3) is 6.08 Å². The van der Waals surface area contributed by atoms with Crippen LogP contribution in [0.1, 0.15) is 22.3 Å². The van der Waals surface area contributed by atoms with Crippen LogP contribution in [0.2, 0.25) is 0 Å². The lowest BCUT2D eigenvalue weighted by molar-refractivity contribution is -0.384. The largest absolute Gasteiger partial charge is 0.487 e. The van der Waals surface area contributed by atoms with Gasteiger partial charge in [-0.25, -0.2) is 0 Å². The number of nitro groups is 1. The van der Waals surface area contributed by atoms with Crippen molar-refractivity contribution in [2.75, 3.05) is 5.32 Å². The summed E-state index contributed by atoms with van der Waals surface area (Å²) in [7, 11) is 0. The lowest BCUT2D eigenvalue weighted by Gasteiger charge is -2.12. The molecule has 0 aliphatic rings. The van der Waals surface area contributed by atoms with Crippen LogP contribution in [0.15, 0.2) is 64.6 Å². The molecule has 0 aliphatic carbocycles. The van der Waals surface area contributed by atoms with E-state index >= 15 is 0 Å². The number of hydrogen-bond acceptors (Lipinski definition) is 5. The molecule has 0 unspecified atom stereocenters. The van der Waals surface area contributed by atoms with E-state index in [1.165, 1.54) is 18.2 Å². The van der Waals surface area contributed by atoms with Gasteiger partial charge in [-0.3, -0.25) is 14.9 Å². The number of anilines is 1. The van der Waals surface area contributed by atoms with Gasteiger partial charge in [-0.1, -0.05) is 29.8 Å². The van der Waals surface area contributed by atoms with Crippen molar-refractivity contribution in [2.24, 2.45) is 0 Å². The van der Waals surface area contributed by atoms with Crippen LogP contribution in [-0.2, 0) is 11.4 Å². The summed E-state index contributed by atoms with van der Waals surface area (Å²) in [6.07, 6.45) is 1.51. The molecule has 9 heteroatoms. The Labute approximate surface area is 218 Å². The van der Waals surface area contributed by atoms with E-state index in [4.69, 9.17) is 4.74 Å². The fourth-order valence-electron chi connectivity index (χ4n) is 3.17. The van der Waals surface area contributed by atoms with Crippen molar-refractivity contribution in [1.82, 2.24) is 0 Å². The average molecular weight is 632 g/mol. The molecule has 34 heavy (non-hydrogen) atoms. The highest BCUT2D eigenvalue weighted by atomic mass is 127. The quantitative estimate of drug-likeness (QED) is 0.103. The van der Waals surface area contributed by atoms with Crippen LogP contribution in [-0.4, -0.2) is 10.8 Å². The molecule has 0 radical (unpaired) electrons. The molecular weight excluding hydrogens is 613 g/mol. The number of ether oxygens (including phenoxy) is 1. The molecule has 3 aromatic rings. The minimum atomic E-state index is -0.494. The van der Waals surface area contributed by atoms with E-state index in [-0.39, 0.29) is 17.9 Å². The number of nitro benzene ring substituents is 1. The van der Waals surface area contributed by atoms with E-state index in [2.05, 4.69) is 43.8 Å². The second-order valence-electron chi connectivity index (χ2n) is 7.47. The Hall–Kier alpha value is -3.23. The molecule has 0 saturated heterocycles. The number of benzene rings is 3. The van der Waals surface area contributed by atoms with Crippen molar-refractivity contribution in [3.8, 4) is 11.8 Å². The zero-order chi connectivity index (χ0) is 24.8. The van der Waals surface area contributed by atoms with Gasteiger partial charge in [-0.2, -0.15) is 5.26 Å². The summed E-state index contributed by atoms with van der Waals surface area (Å²) in [6.45, 7) is 4.01. The van der Waals surface area contributed by atoms with Gasteiger partial charge in [0.05, 0.1) is 13.0 Å². The number of carbonyl (C=O) groups is 1. The van der Waals surface area contributed by atoms with Gasteiger partial charge in [0.15, 0.2) is 0 Å². The number of nitrogens with one attached hydrogen (secondary N) is 1. The lowest BCUT2D eigenvalue weighted by atomic mass is 10.1. The standard InChI is InChI=1S/C25H19BrIN3O4/c1-15-6-7-23(16(2)8-15)29-25(31)19(13-28)9-18-11-21(26)24(22(27)12-18)34-14-17-4-3-5-20(10-17)30(32)33/h3-12H,14H2,1-2H3,(H,29,31)/b19-9+. The summed E-state index contributed by atoms with van der Waals surface area (Å²) in [6, 6.07) is 17.4. The summed E-state index contributed by atoms with van der Waals surface area (Å²) in [5.74, 6) is 0.0640. The molecule has 0 aliphatic heterocycles. The second kappa shape index (κ2) is 11.3. The molecule has 1 N–H and O–H groups in total. The fourth-order valence-corrected chi connectivity index (χ4v) is 4.94. The molecule has 0 aromatic heterocycles. The predicted molar refractivity (Wildman–Crippen MR) is 142 cm³/mol. The first-order valence-electron chi connectivity index (χ1n) is 10.0. The first-order chi connectivity index (χ1) is 16.2. The highest BCUT2D eigenvalue weighted by molar-refractivity contribution is 14.1. The average Bonchev–Trinajstić information content (AvgIpc) is 2.78. The Bertz CT molecular complexity index is 1330. The number of hydrogen-bond donors (Lipinski definition) is 1. The third-order valence-corrected chi connectivity index (χ3v) is 6.22. The van der Waals surface area contributed by atoms with Gasteiger partial charge in [0.1, 0.15) is 24.0 Å². The molecule has 7 nitrogen and oxygen atoms in total. The summed E-state index contributed by atoms with van der Waals surface area (Å²) in [5, 5.41) is 23.3. The summed E-state index contributed by atoms with van der Waals surface area (Å²) < 4.78 is 7.26. The Balaban J connectivity index is 1.78. The third kappa shape index (κ3) is 6.42. The maximum absolute atomic E-state index is 12.7. The van der Waals surface area contributed by atoms with Crippen molar-refractivity contribution >= 4 is 61.9 Å². The minimum absolute atomic E-state index is 0.00140. The van der Waals surface area contributed by atoms with E-state index in [1.54, 1.807) is 24.3 Å². The van der Waals surface area contributed by atoms with Crippen LogP contribution in [0, 0.1) is 38.9 Å². The van der Waals surface area contributed by atoms with Gasteiger partial charge >= 0.3 is 0 Å². The van der Waals surface area contributed by atoms with Crippen LogP contribution in [0.4, 0.5) is 11.4 Å². The molecule has 0 saturated carbocycles. The van der Waals surface area contributed by atoms with Crippen molar-refractivity contribution in [2.45, 2.75) is 20.5 Å². The minimum Gasteiger partial charge on any atom is -0.487 e. The molecule has 0 fully saturated rings. The van der Waals surface area contributed by atoms with Crippen LogP contribution in [0.5, 0.6) is 5.75 Å². The van der Waals surface area contributed by atoms with Gasteiger partial charge in [-0.05, 0) is 93.3 Å². The number of halogens is 2. The van der Waals surface area contributed by atoms with Gasteiger partial charge in [0, 0.05) is 17.8 Å². The molecule has 0 heterocycles. The Morgan fingerprint density at radius 1 is 1.24 bits per heavy atom. The molecule has 0 bridgehead atoms. The van der Waals surface area contributed by atoms with E-state index in [9.17, 15) is 20.2 Å². The molecule has 3 aromatic carbocycles. The number of non-ortho nitro benzene ring substituents is 1. The van der Waals surface area contributed by atoms with Gasteiger partial charge in [0.25, 0.3) is 11.6 Å². The Morgan fingerprint density at radius 2 is 2.00 bits per heavy atom. The molecule has 3 rings (SSSR count). The Morgan fingerprint density at radius 3 is 2.65 bits per heavy atom. The number of aryl methyl sites for hydroxylation is 2. The van der Waals surface area contributed by atoms with Gasteiger partial charge < -0.3 is 10.1 Å². The molecular formula is C25H19BrIN3O4. The number of carbonyl (C=O) groups excluding carboxylic acids is 1. The smallest absolute Gasteiger partial charge is 0.269 e.